The van der Waals surface area contributed by atoms with E-state index in [-0.39, 0.29) is 0 Å². The van der Waals surface area contributed by atoms with E-state index in [9.17, 15) is 24.0 Å². The van der Waals surface area contributed by atoms with E-state index in [4.69, 9.17) is 0 Å². The summed E-state index contributed by atoms with van der Waals surface area (Å²) < 4.78 is 0. The number of ketones is 1. The molecule has 2 saturated heterocycles. The lowest BCUT2D eigenvalue weighted by Crippen LogP contribution is -2.54. The third-order valence-corrected chi connectivity index (χ3v) is 4.01. The second-order valence-corrected chi connectivity index (χ2v) is 5.06. The molecule has 0 aromatic heterocycles. The Labute approximate surface area is 102 Å². The SMILES string of the molecule is CC(=O)C(C)(C)C12C(=O)NC(=O)C1C(=O)NC2=O. The van der Waals surface area contributed by atoms with Gasteiger partial charge in [0.15, 0.2) is 5.41 Å². The quantitative estimate of drug-likeness (QED) is 0.460. The van der Waals surface area contributed by atoms with Crippen LogP contribution in [-0.4, -0.2) is 29.4 Å². The van der Waals surface area contributed by atoms with Crippen molar-refractivity contribution in [3.63, 3.8) is 0 Å². The molecule has 0 radical (unpaired) electrons. The highest BCUT2D eigenvalue weighted by Crippen LogP contribution is 2.51. The fourth-order valence-electron chi connectivity index (χ4n) is 2.65. The van der Waals surface area contributed by atoms with Crippen LogP contribution in [0.5, 0.6) is 0 Å². The lowest BCUT2D eigenvalue weighted by atomic mass is 9.59. The van der Waals surface area contributed by atoms with Gasteiger partial charge in [-0.15, -0.1) is 0 Å². The van der Waals surface area contributed by atoms with Crippen molar-refractivity contribution in [1.82, 2.24) is 10.6 Å². The summed E-state index contributed by atoms with van der Waals surface area (Å²) in [5.74, 6) is -5.35. The van der Waals surface area contributed by atoms with Crippen molar-refractivity contribution in [2.45, 2.75) is 20.8 Å². The molecule has 0 bridgehead atoms. The number of carbonyl (C=O) groups is 5. The smallest absolute Gasteiger partial charge is 0.244 e. The number of carbonyl (C=O) groups excluding carboxylic acids is 5. The van der Waals surface area contributed by atoms with E-state index in [0.29, 0.717) is 0 Å². The van der Waals surface area contributed by atoms with Crippen LogP contribution in [0.3, 0.4) is 0 Å². The van der Waals surface area contributed by atoms with Gasteiger partial charge in [-0.05, 0) is 6.92 Å². The Morgan fingerprint density at radius 1 is 1.06 bits per heavy atom. The minimum atomic E-state index is -1.97. The third-order valence-electron chi connectivity index (χ3n) is 4.01. The first-order chi connectivity index (χ1) is 8.17. The molecule has 2 heterocycles. The average Bonchev–Trinajstić information content (AvgIpc) is 2.64. The van der Waals surface area contributed by atoms with Crippen molar-refractivity contribution < 1.29 is 24.0 Å². The number of fused-ring (bicyclic) bond motifs is 1. The molecule has 0 aliphatic carbocycles. The molecular formula is C11H12N2O5. The molecular weight excluding hydrogens is 240 g/mol. The van der Waals surface area contributed by atoms with Gasteiger partial charge in [-0.3, -0.25) is 34.6 Å². The van der Waals surface area contributed by atoms with Crippen LogP contribution < -0.4 is 10.6 Å². The first kappa shape index (κ1) is 12.4. The normalized spacial score (nSPS) is 31.2. The zero-order valence-electron chi connectivity index (χ0n) is 10.1. The lowest BCUT2D eigenvalue weighted by Gasteiger charge is -2.36. The van der Waals surface area contributed by atoms with E-state index in [1.54, 1.807) is 0 Å². The molecule has 7 heteroatoms. The molecule has 7 nitrogen and oxygen atoms in total. The van der Waals surface area contributed by atoms with Crippen LogP contribution in [0.25, 0.3) is 0 Å². The number of nitrogens with one attached hydrogen (secondary N) is 2. The van der Waals surface area contributed by atoms with E-state index in [2.05, 4.69) is 0 Å². The molecule has 0 aromatic carbocycles. The molecule has 2 N–H and O–H groups in total. The van der Waals surface area contributed by atoms with Gasteiger partial charge in [-0.25, -0.2) is 0 Å². The molecule has 0 saturated carbocycles. The van der Waals surface area contributed by atoms with Crippen LogP contribution in [-0.2, 0) is 24.0 Å². The lowest BCUT2D eigenvalue weighted by molar-refractivity contribution is -0.155. The minimum Gasteiger partial charge on any atom is -0.299 e. The number of Topliss-reactive ketones (excluding diaryl/α,β-unsaturated/α-hetero) is 1. The maximum atomic E-state index is 12.0. The van der Waals surface area contributed by atoms with E-state index in [1.807, 2.05) is 10.6 Å². The van der Waals surface area contributed by atoms with Gasteiger partial charge in [0.1, 0.15) is 11.7 Å². The molecule has 0 atom stereocenters. The Morgan fingerprint density at radius 2 is 1.44 bits per heavy atom. The predicted octanol–water partition coefficient (Wildman–Crippen LogP) is -1.48. The van der Waals surface area contributed by atoms with Gasteiger partial charge >= 0.3 is 0 Å². The molecule has 2 aliphatic rings. The van der Waals surface area contributed by atoms with Gasteiger partial charge in [0, 0.05) is 5.41 Å². The Bertz CT molecular complexity index is 490. The summed E-state index contributed by atoms with van der Waals surface area (Å²) in [5.41, 5.74) is -3.41. The highest BCUT2D eigenvalue weighted by molar-refractivity contribution is 6.33. The standard InChI is InChI=1S/C11H12N2O5/c1-4(14)10(2,3)11-5(6(15)12-8(11)17)7(16)13-9(11)18/h5H,1-3H3,(H,12,15,17)(H,13,16,18). The van der Waals surface area contributed by atoms with Gasteiger partial charge in [-0.2, -0.15) is 0 Å². The predicted molar refractivity (Wildman–Crippen MR) is 56.7 cm³/mol. The molecule has 2 rings (SSSR count). The van der Waals surface area contributed by atoms with Gasteiger partial charge in [0.05, 0.1) is 0 Å². The zero-order valence-corrected chi connectivity index (χ0v) is 10.1. The topological polar surface area (TPSA) is 109 Å². The zero-order chi connectivity index (χ0) is 13.9. The summed E-state index contributed by atoms with van der Waals surface area (Å²) >= 11 is 0. The summed E-state index contributed by atoms with van der Waals surface area (Å²) in [5, 5.41) is 3.94. The Kier molecular flexibility index (Phi) is 2.24. The first-order valence-corrected chi connectivity index (χ1v) is 5.39. The Morgan fingerprint density at radius 3 is 1.78 bits per heavy atom. The van der Waals surface area contributed by atoms with Crippen molar-refractivity contribution in [1.29, 1.82) is 0 Å². The molecule has 0 spiro atoms. The van der Waals surface area contributed by atoms with Crippen molar-refractivity contribution in [2.24, 2.45) is 16.7 Å². The average molecular weight is 252 g/mol. The molecule has 0 aromatic rings. The van der Waals surface area contributed by atoms with Crippen LogP contribution >= 0.6 is 0 Å². The van der Waals surface area contributed by atoms with Gasteiger partial charge in [0.2, 0.25) is 23.6 Å². The van der Waals surface area contributed by atoms with Crippen molar-refractivity contribution in [3.8, 4) is 0 Å². The molecule has 4 amide bonds. The first-order valence-electron chi connectivity index (χ1n) is 5.39. The van der Waals surface area contributed by atoms with E-state index >= 15 is 0 Å². The van der Waals surface area contributed by atoms with E-state index in [1.165, 1.54) is 20.8 Å². The van der Waals surface area contributed by atoms with Crippen molar-refractivity contribution in [3.05, 3.63) is 0 Å². The molecule has 96 valence electrons. The van der Waals surface area contributed by atoms with Crippen LogP contribution in [0.15, 0.2) is 0 Å². The Hall–Kier alpha value is -2.05. The summed E-state index contributed by atoms with van der Waals surface area (Å²) in [4.78, 5) is 59.0. The summed E-state index contributed by atoms with van der Waals surface area (Å²) in [7, 11) is 0. The van der Waals surface area contributed by atoms with Gasteiger partial charge in [-0.1, -0.05) is 13.8 Å². The van der Waals surface area contributed by atoms with Crippen LogP contribution in [0.2, 0.25) is 0 Å². The highest BCUT2D eigenvalue weighted by atomic mass is 16.2. The summed E-state index contributed by atoms with van der Waals surface area (Å²) in [6.45, 7) is 4.00. The van der Waals surface area contributed by atoms with Crippen LogP contribution in [0, 0.1) is 16.7 Å². The van der Waals surface area contributed by atoms with E-state index < -0.39 is 46.2 Å². The second-order valence-electron chi connectivity index (χ2n) is 5.06. The second kappa shape index (κ2) is 3.24. The monoisotopic (exact) mass is 252 g/mol. The molecule has 18 heavy (non-hydrogen) atoms. The number of rotatable bonds is 2. The van der Waals surface area contributed by atoms with Crippen molar-refractivity contribution >= 4 is 29.4 Å². The number of imide groups is 2. The summed E-state index contributed by atoms with van der Waals surface area (Å²) in [6.07, 6.45) is 0. The van der Waals surface area contributed by atoms with Gasteiger partial charge < -0.3 is 0 Å². The Balaban J connectivity index is 2.74. The summed E-state index contributed by atoms with van der Waals surface area (Å²) in [6, 6.07) is 0. The maximum absolute atomic E-state index is 12.0. The largest absolute Gasteiger partial charge is 0.299 e. The fraction of sp³-hybridized carbons (Fsp3) is 0.545. The van der Waals surface area contributed by atoms with Crippen LogP contribution in [0.4, 0.5) is 0 Å². The molecule has 2 aliphatic heterocycles. The molecule has 0 unspecified atom stereocenters. The maximum Gasteiger partial charge on any atom is 0.244 e. The number of hydrogen-bond donors (Lipinski definition) is 2. The number of amides is 4. The minimum absolute atomic E-state index is 0.442. The number of hydrogen-bond acceptors (Lipinski definition) is 5. The third kappa shape index (κ3) is 1.06. The van der Waals surface area contributed by atoms with Gasteiger partial charge in [0.25, 0.3) is 0 Å². The van der Waals surface area contributed by atoms with Crippen molar-refractivity contribution in [2.75, 3.05) is 0 Å². The highest BCUT2D eigenvalue weighted by Gasteiger charge is 2.74. The fourth-order valence-corrected chi connectivity index (χ4v) is 2.65. The van der Waals surface area contributed by atoms with Crippen LogP contribution in [0.1, 0.15) is 20.8 Å². The van der Waals surface area contributed by atoms with E-state index in [0.717, 1.165) is 0 Å². The molecule has 2 fully saturated rings.